The predicted molar refractivity (Wildman–Crippen MR) is 83.3 cm³/mol. The Labute approximate surface area is 122 Å². The molecule has 18 heavy (non-hydrogen) atoms. The Morgan fingerprint density at radius 2 is 2.17 bits per heavy atom. The zero-order valence-electron chi connectivity index (χ0n) is 10.8. The highest BCUT2D eigenvalue weighted by molar-refractivity contribution is 9.10. The van der Waals surface area contributed by atoms with Crippen molar-refractivity contribution < 1.29 is 0 Å². The molecule has 3 rings (SSSR count). The molecule has 2 aliphatic rings. The normalized spacial score (nSPS) is 30.7. The number of nitrogens with one attached hydrogen (secondary N) is 1. The van der Waals surface area contributed by atoms with Crippen LogP contribution in [0.1, 0.15) is 42.9 Å². The van der Waals surface area contributed by atoms with E-state index in [0.717, 1.165) is 11.3 Å². The number of halogens is 1. The Bertz CT molecular complexity index is 435. The van der Waals surface area contributed by atoms with Crippen molar-refractivity contribution in [3.8, 4) is 0 Å². The van der Waals surface area contributed by atoms with E-state index in [4.69, 9.17) is 0 Å². The first-order valence-electron chi connectivity index (χ1n) is 6.85. The van der Waals surface area contributed by atoms with Gasteiger partial charge >= 0.3 is 0 Å². The van der Waals surface area contributed by atoms with Gasteiger partial charge in [-0.15, -0.1) is 0 Å². The molecule has 1 saturated carbocycles. The third kappa shape index (κ3) is 2.37. The van der Waals surface area contributed by atoms with Gasteiger partial charge in [0.1, 0.15) is 0 Å². The van der Waals surface area contributed by atoms with Crippen LogP contribution in [0.2, 0.25) is 0 Å². The van der Waals surface area contributed by atoms with Crippen LogP contribution in [0.5, 0.6) is 0 Å². The lowest BCUT2D eigenvalue weighted by molar-refractivity contribution is 0.443. The van der Waals surface area contributed by atoms with Gasteiger partial charge in [-0.25, -0.2) is 0 Å². The second-order valence-electron chi connectivity index (χ2n) is 5.38. The Hall–Kier alpha value is 0.0100. The van der Waals surface area contributed by atoms with Gasteiger partial charge in [0.15, 0.2) is 0 Å². The molecule has 0 aromatic heterocycles. The second kappa shape index (κ2) is 5.56. The summed E-state index contributed by atoms with van der Waals surface area (Å²) in [6.45, 7) is 0. The fourth-order valence-corrected chi connectivity index (χ4v) is 4.97. The van der Waals surface area contributed by atoms with Gasteiger partial charge in [0, 0.05) is 21.8 Å². The summed E-state index contributed by atoms with van der Waals surface area (Å²) in [4.78, 5) is 0. The lowest BCUT2D eigenvalue weighted by Crippen LogP contribution is -2.36. The summed E-state index contributed by atoms with van der Waals surface area (Å²) in [6.07, 6.45) is 8.86. The van der Waals surface area contributed by atoms with Crippen LogP contribution in [-0.2, 0) is 6.42 Å². The first-order chi connectivity index (χ1) is 8.79. The van der Waals surface area contributed by atoms with Gasteiger partial charge < -0.3 is 5.32 Å². The smallest absolute Gasteiger partial charge is 0.0329 e. The number of benzene rings is 1. The third-order valence-electron chi connectivity index (χ3n) is 4.38. The Kier molecular flexibility index (Phi) is 4.02. The first-order valence-corrected chi connectivity index (χ1v) is 8.94. The highest BCUT2D eigenvalue weighted by Crippen LogP contribution is 2.38. The van der Waals surface area contributed by atoms with Crippen molar-refractivity contribution in [2.45, 2.75) is 49.4 Å². The molecular formula is C15H20BrNS. The predicted octanol–water partition coefficient (Wildman–Crippen LogP) is 4.31. The molecule has 0 saturated heterocycles. The molecule has 0 amide bonds. The van der Waals surface area contributed by atoms with Crippen LogP contribution in [0.25, 0.3) is 0 Å². The maximum absolute atomic E-state index is 3.92. The van der Waals surface area contributed by atoms with E-state index in [0.29, 0.717) is 6.04 Å². The van der Waals surface area contributed by atoms with E-state index in [1.165, 1.54) is 47.7 Å². The van der Waals surface area contributed by atoms with Crippen molar-refractivity contribution in [3.63, 3.8) is 0 Å². The SMILES string of the molecule is CSC1CCCC1NC1CCc2c(Br)cccc21. The molecule has 3 heteroatoms. The summed E-state index contributed by atoms with van der Waals surface area (Å²) in [5.41, 5.74) is 3.05. The molecular weight excluding hydrogens is 306 g/mol. The fourth-order valence-electron chi connectivity index (χ4n) is 3.44. The van der Waals surface area contributed by atoms with Crippen molar-refractivity contribution in [1.29, 1.82) is 0 Å². The van der Waals surface area contributed by atoms with E-state index in [9.17, 15) is 0 Å². The van der Waals surface area contributed by atoms with Crippen LogP contribution in [-0.4, -0.2) is 17.5 Å². The minimum atomic E-state index is 0.579. The molecule has 1 nitrogen and oxygen atoms in total. The number of hydrogen-bond acceptors (Lipinski definition) is 2. The topological polar surface area (TPSA) is 12.0 Å². The molecule has 1 N–H and O–H groups in total. The van der Waals surface area contributed by atoms with E-state index < -0.39 is 0 Å². The van der Waals surface area contributed by atoms with Crippen LogP contribution in [0.15, 0.2) is 22.7 Å². The Balaban J connectivity index is 1.75. The monoisotopic (exact) mass is 325 g/mol. The van der Waals surface area contributed by atoms with Gasteiger partial charge in [-0.2, -0.15) is 11.8 Å². The van der Waals surface area contributed by atoms with Crippen LogP contribution >= 0.6 is 27.7 Å². The van der Waals surface area contributed by atoms with Gasteiger partial charge in [0.2, 0.25) is 0 Å². The van der Waals surface area contributed by atoms with Gasteiger partial charge in [-0.3, -0.25) is 0 Å². The molecule has 0 spiro atoms. The molecule has 0 radical (unpaired) electrons. The largest absolute Gasteiger partial charge is 0.306 e. The van der Waals surface area contributed by atoms with Crippen molar-refractivity contribution in [3.05, 3.63) is 33.8 Å². The Morgan fingerprint density at radius 3 is 3.00 bits per heavy atom. The first kappa shape index (κ1) is 13.0. The standard InChI is InChI=1S/C15H20BrNS/c1-18-15-7-3-6-14(15)17-13-9-8-10-11(13)4-2-5-12(10)16/h2,4-5,13-15,17H,3,6-9H2,1H3. The van der Waals surface area contributed by atoms with Crippen molar-refractivity contribution in [2.75, 3.05) is 6.26 Å². The molecule has 98 valence electrons. The van der Waals surface area contributed by atoms with Gasteiger partial charge in [-0.1, -0.05) is 34.5 Å². The highest BCUT2D eigenvalue weighted by atomic mass is 79.9. The summed E-state index contributed by atoms with van der Waals surface area (Å²) in [7, 11) is 0. The molecule has 1 fully saturated rings. The van der Waals surface area contributed by atoms with E-state index in [1.807, 2.05) is 11.8 Å². The van der Waals surface area contributed by atoms with Gasteiger partial charge in [0.05, 0.1) is 0 Å². The van der Waals surface area contributed by atoms with Gasteiger partial charge in [-0.05, 0) is 49.1 Å². The zero-order chi connectivity index (χ0) is 12.5. The molecule has 0 heterocycles. The molecule has 3 atom stereocenters. The molecule has 0 bridgehead atoms. The van der Waals surface area contributed by atoms with Gasteiger partial charge in [0.25, 0.3) is 0 Å². The van der Waals surface area contributed by atoms with Crippen molar-refractivity contribution >= 4 is 27.7 Å². The molecule has 0 aliphatic heterocycles. The van der Waals surface area contributed by atoms with Crippen molar-refractivity contribution in [1.82, 2.24) is 5.32 Å². The lowest BCUT2D eigenvalue weighted by atomic mass is 10.1. The maximum atomic E-state index is 3.92. The number of thioether (sulfide) groups is 1. The minimum Gasteiger partial charge on any atom is -0.306 e. The van der Waals surface area contributed by atoms with Crippen molar-refractivity contribution in [2.24, 2.45) is 0 Å². The zero-order valence-corrected chi connectivity index (χ0v) is 13.2. The molecule has 3 unspecified atom stereocenters. The molecule has 1 aromatic carbocycles. The minimum absolute atomic E-state index is 0.579. The maximum Gasteiger partial charge on any atom is 0.0329 e. The third-order valence-corrected chi connectivity index (χ3v) is 6.30. The van der Waals surface area contributed by atoms with Crippen LogP contribution < -0.4 is 5.32 Å². The Morgan fingerprint density at radius 1 is 1.28 bits per heavy atom. The van der Waals surface area contributed by atoms with E-state index >= 15 is 0 Å². The quantitative estimate of drug-likeness (QED) is 0.888. The summed E-state index contributed by atoms with van der Waals surface area (Å²) in [5, 5.41) is 4.74. The summed E-state index contributed by atoms with van der Waals surface area (Å²) in [6, 6.07) is 7.93. The second-order valence-corrected chi connectivity index (χ2v) is 7.31. The van der Waals surface area contributed by atoms with E-state index in [2.05, 4.69) is 45.7 Å². The number of hydrogen-bond donors (Lipinski definition) is 1. The average Bonchev–Trinajstić information content (AvgIpc) is 2.98. The number of rotatable bonds is 3. The highest BCUT2D eigenvalue weighted by Gasteiger charge is 2.31. The van der Waals surface area contributed by atoms with Crippen LogP contribution in [0, 0.1) is 0 Å². The summed E-state index contributed by atoms with van der Waals surface area (Å²) in [5.74, 6) is 0. The van der Waals surface area contributed by atoms with E-state index in [1.54, 1.807) is 0 Å². The van der Waals surface area contributed by atoms with E-state index in [-0.39, 0.29) is 0 Å². The lowest BCUT2D eigenvalue weighted by Gasteiger charge is -2.24. The molecule has 1 aromatic rings. The fraction of sp³-hybridized carbons (Fsp3) is 0.600. The molecule has 2 aliphatic carbocycles. The summed E-state index contributed by atoms with van der Waals surface area (Å²) >= 11 is 5.72. The summed E-state index contributed by atoms with van der Waals surface area (Å²) < 4.78 is 1.29. The average molecular weight is 326 g/mol. The van der Waals surface area contributed by atoms with Crippen LogP contribution in [0.4, 0.5) is 0 Å². The van der Waals surface area contributed by atoms with Crippen LogP contribution in [0.3, 0.4) is 0 Å². The number of fused-ring (bicyclic) bond motifs is 1.